The quantitative estimate of drug-likeness (QED) is 0.547. The van der Waals surface area contributed by atoms with E-state index >= 15 is 0 Å². The fourth-order valence-electron chi connectivity index (χ4n) is 1.40. The molecule has 15 heavy (non-hydrogen) atoms. The first-order valence-corrected chi connectivity index (χ1v) is 4.69. The van der Waals surface area contributed by atoms with Gasteiger partial charge in [-0.1, -0.05) is 0 Å². The van der Waals surface area contributed by atoms with Crippen molar-refractivity contribution < 1.29 is 4.74 Å². The summed E-state index contributed by atoms with van der Waals surface area (Å²) in [6, 6.07) is 0. The van der Waals surface area contributed by atoms with Gasteiger partial charge in [0, 0.05) is 13.1 Å². The normalized spacial score (nSPS) is 16.7. The molecule has 0 radical (unpaired) electrons. The lowest BCUT2D eigenvalue weighted by atomic mass is 10.4. The fourth-order valence-corrected chi connectivity index (χ4v) is 1.40. The molecule has 0 saturated carbocycles. The summed E-state index contributed by atoms with van der Waals surface area (Å²) in [6.07, 6.45) is 0. The summed E-state index contributed by atoms with van der Waals surface area (Å²) in [6.45, 7) is 2.80. The number of anilines is 4. The van der Waals surface area contributed by atoms with Crippen LogP contribution in [0.2, 0.25) is 0 Å². The second-order valence-corrected chi connectivity index (χ2v) is 3.31. The Morgan fingerprint density at radius 3 is 2.07 bits per heavy atom. The Balaban J connectivity index is 2.27. The van der Waals surface area contributed by atoms with E-state index in [-0.39, 0.29) is 17.3 Å². The van der Waals surface area contributed by atoms with Gasteiger partial charge in [-0.3, -0.25) is 0 Å². The molecule has 82 valence electrons. The zero-order chi connectivity index (χ0) is 10.8. The molecule has 0 aliphatic carbocycles. The van der Waals surface area contributed by atoms with Gasteiger partial charge in [0.05, 0.1) is 13.2 Å². The number of morpholine rings is 1. The molecule has 2 heterocycles. The van der Waals surface area contributed by atoms with E-state index in [1.54, 1.807) is 0 Å². The Labute approximate surface area is 87.2 Å². The Morgan fingerprint density at radius 1 is 1.00 bits per heavy atom. The molecule has 0 atom stereocenters. The molecular formula is C8H14N6O. The molecule has 0 spiro atoms. The van der Waals surface area contributed by atoms with Gasteiger partial charge in [0.25, 0.3) is 0 Å². The molecule has 6 N–H and O–H groups in total. The van der Waals surface area contributed by atoms with E-state index < -0.39 is 0 Å². The Morgan fingerprint density at radius 2 is 1.53 bits per heavy atom. The number of nitrogens with two attached hydrogens (primary N) is 3. The van der Waals surface area contributed by atoms with Crippen molar-refractivity contribution in [3.63, 3.8) is 0 Å². The summed E-state index contributed by atoms with van der Waals surface area (Å²) in [5, 5.41) is 0. The van der Waals surface area contributed by atoms with Crippen LogP contribution in [-0.4, -0.2) is 36.3 Å². The molecule has 7 heteroatoms. The summed E-state index contributed by atoms with van der Waals surface area (Å²) in [7, 11) is 0. The maximum Gasteiger partial charge on any atom is 0.229 e. The molecule has 1 saturated heterocycles. The molecule has 0 aromatic carbocycles. The van der Waals surface area contributed by atoms with E-state index in [4.69, 9.17) is 21.9 Å². The summed E-state index contributed by atoms with van der Waals surface area (Å²) in [4.78, 5) is 10.1. The summed E-state index contributed by atoms with van der Waals surface area (Å²) >= 11 is 0. The van der Waals surface area contributed by atoms with Gasteiger partial charge in [-0.25, -0.2) is 0 Å². The van der Waals surface area contributed by atoms with Crippen molar-refractivity contribution >= 4 is 23.3 Å². The number of ether oxygens (including phenoxy) is 1. The predicted octanol–water partition coefficient (Wildman–Crippen LogP) is -0.940. The van der Waals surface area contributed by atoms with Gasteiger partial charge in [0.15, 0.2) is 11.6 Å². The monoisotopic (exact) mass is 210 g/mol. The van der Waals surface area contributed by atoms with Gasteiger partial charge in [0.2, 0.25) is 5.95 Å². The highest BCUT2D eigenvalue weighted by molar-refractivity contribution is 5.72. The van der Waals surface area contributed by atoms with Crippen molar-refractivity contribution in [2.75, 3.05) is 48.4 Å². The second-order valence-electron chi connectivity index (χ2n) is 3.31. The van der Waals surface area contributed by atoms with Crippen LogP contribution in [0.5, 0.6) is 0 Å². The van der Waals surface area contributed by atoms with Crippen molar-refractivity contribution in [1.29, 1.82) is 0 Å². The summed E-state index contributed by atoms with van der Waals surface area (Å²) in [5.41, 5.74) is 17.0. The predicted molar refractivity (Wildman–Crippen MR) is 58.3 cm³/mol. The third-order valence-electron chi connectivity index (χ3n) is 2.29. The van der Waals surface area contributed by atoms with Crippen LogP contribution in [0.1, 0.15) is 0 Å². The second kappa shape index (κ2) is 3.77. The van der Waals surface area contributed by atoms with Crippen LogP contribution >= 0.6 is 0 Å². The van der Waals surface area contributed by atoms with Crippen molar-refractivity contribution in [1.82, 2.24) is 9.97 Å². The SMILES string of the molecule is Nc1nc(N2CCOCC2)nc(N)c1N. The van der Waals surface area contributed by atoms with Gasteiger partial charge in [-0.15, -0.1) is 0 Å². The highest BCUT2D eigenvalue weighted by atomic mass is 16.5. The first kappa shape index (κ1) is 9.78. The molecule has 0 unspecified atom stereocenters. The maximum atomic E-state index is 5.61. The largest absolute Gasteiger partial charge is 0.393 e. The van der Waals surface area contributed by atoms with Crippen LogP contribution in [0.4, 0.5) is 23.3 Å². The van der Waals surface area contributed by atoms with Crippen LogP contribution < -0.4 is 22.1 Å². The summed E-state index contributed by atoms with van der Waals surface area (Å²) in [5.74, 6) is 0.968. The van der Waals surface area contributed by atoms with Crippen LogP contribution in [0, 0.1) is 0 Å². The molecule has 1 aliphatic heterocycles. The highest BCUT2D eigenvalue weighted by Gasteiger charge is 2.16. The number of nitrogens with zero attached hydrogens (tertiary/aromatic N) is 3. The van der Waals surface area contributed by atoms with E-state index in [0.29, 0.717) is 19.2 Å². The van der Waals surface area contributed by atoms with Crippen LogP contribution in [-0.2, 0) is 4.74 Å². The van der Waals surface area contributed by atoms with Gasteiger partial charge in [-0.05, 0) is 0 Å². The molecule has 1 aliphatic rings. The topological polar surface area (TPSA) is 116 Å². The number of nitrogen functional groups attached to an aromatic ring is 3. The van der Waals surface area contributed by atoms with Crippen molar-refractivity contribution in [2.45, 2.75) is 0 Å². The summed E-state index contributed by atoms with van der Waals surface area (Å²) < 4.78 is 5.22. The Bertz CT molecular complexity index is 339. The highest BCUT2D eigenvalue weighted by Crippen LogP contribution is 2.22. The average molecular weight is 210 g/mol. The standard InChI is InChI=1S/C8H14N6O/c9-5-6(10)12-8(13-7(5)11)14-1-3-15-4-2-14/h1-4,9H2,(H4,10,11,12,13). The minimum atomic E-state index is 0.226. The Kier molecular flexibility index (Phi) is 2.46. The van der Waals surface area contributed by atoms with E-state index in [0.717, 1.165) is 13.1 Å². The third-order valence-corrected chi connectivity index (χ3v) is 2.29. The van der Waals surface area contributed by atoms with Crippen molar-refractivity contribution in [2.24, 2.45) is 0 Å². The molecule has 0 bridgehead atoms. The fraction of sp³-hybridized carbons (Fsp3) is 0.500. The minimum Gasteiger partial charge on any atom is -0.393 e. The van der Waals surface area contributed by atoms with Crippen molar-refractivity contribution in [3.05, 3.63) is 0 Å². The molecular weight excluding hydrogens is 196 g/mol. The number of rotatable bonds is 1. The molecule has 1 aromatic heterocycles. The van der Waals surface area contributed by atoms with Gasteiger partial charge >= 0.3 is 0 Å². The number of aromatic nitrogens is 2. The zero-order valence-corrected chi connectivity index (χ0v) is 8.31. The molecule has 0 amide bonds. The molecule has 1 aromatic rings. The van der Waals surface area contributed by atoms with Gasteiger partial charge < -0.3 is 26.8 Å². The molecule has 1 fully saturated rings. The zero-order valence-electron chi connectivity index (χ0n) is 8.31. The average Bonchev–Trinajstić information content (AvgIpc) is 2.26. The van der Waals surface area contributed by atoms with E-state index in [1.165, 1.54) is 0 Å². The lowest BCUT2D eigenvalue weighted by Gasteiger charge is -2.27. The molecule has 2 rings (SSSR count). The lowest BCUT2D eigenvalue weighted by Crippen LogP contribution is -2.37. The Hall–Kier alpha value is -1.76. The van der Waals surface area contributed by atoms with Gasteiger partial charge in [0.1, 0.15) is 5.69 Å². The van der Waals surface area contributed by atoms with Crippen LogP contribution in [0.15, 0.2) is 0 Å². The smallest absolute Gasteiger partial charge is 0.229 e. The first-order chi connectivity index (χ1) is 7.18. The number of hydrogen-bond acceptors (Lipinski definition) is 7. The van der Waals surface area contributed by atoms with Crippen LogP contribution in [0.3, 0.4) is 0 Å². The minimum absolute atomic E-state index is 0.226. The first-order valence-electron chi connectivity index (χ1n) is 4.69. The van der Waals surface area contributed by atoms with E-state index in [1.807, 2.05) is 4.90 Å². The lowest BCUT2D eigenvalue weighted by molar-refractivity contribution is 0.122. The van der Waals surface area contributed by atoms with Gasteiger partial charge in [-0.2, -0.15) is 9.97 Å². The van der Waals surface area contributed by atoms with Crippen molar-refractivity contribution in [3.8, 4) is 0 Å². The van der Waals surface area contributed by atoms with E-state index in [9.17, 15) is 0 Å². The number of hydrogen-bond donors (Lipinski definition) is 3. The van der Waals surface area contributed by atoms with E-state index in [2.05, 4.69) is 9.97 Å². The maximum absolute atomic E-state index is 5.61. The third kappa shape index (κ3) is 1.86. The van der Waals surface area contributed by atoms with Crippen LogP contribution in [0.25, 0.3) is 0 Å². The molecule has 7 nitrogen and oxygen atoms in total.